The van der Waals surface area contributed by atoms with Crippen LogP contribution in [0.2, 0.25) is 0 Å². The second-order valence-electron chi connectivity index (χ2n) is 7.13. The Morgan fingerprint density at radius 1 is 0.962 bits per heavy atom. The van der Waals surface area contributed by atoms with Crippen molar-refractivity contribution in [2.45, 2.75) is 25.7 Å². The number of piperidine rings is 1. The number of rotatable bonds is 6. The molecule has 1 N–H and O–H groups in total. The molecule has 3 amide bonds. The van der Waals surface area contributed by atoms with Gasteiger partial charge in [0.1, 0.15) is 0 Å². The molecule has 142 valence electrons. The highest BCUT2D eigenvalue weighted by Gasteiger charge is 2.21. The summed E-state index contributed by atoms with van der Waals surface area (Å²) in [4.78, 5) is 30.2. The van der Waals surface area contributed by atoms with Crippen LogP contribution < -0.4 is 5.32 Å². The summed E-state index contributed by atoms with van der Waals surface area (Å²) in [7, 11) is 0. The first-order valence-corrected chi connectivity index (χ1v) is 9.79. The minimum Gasteiger partial charge on any atom is -0.341 e. The maximum atomic E-state index is 12.3. The first-order valence-electron chi connectivity index (χ1n) is 9.79. The third kappa shape index (κ3) is 5.46. The third-order valence-electron chi connectivity index (χ3n) is 5.30. The molecule has 6 nitrogen and oxygen atoms in total. The summed E-state index contributed by atoms with van der Waals surface area (Å²) in [5.41, 5.74) is 1.36. The van der Waals surface area contributed by atoms with Gasteiger partial charge in [-0.2, -0.15) is 0 Å². The molecule has 2 aliphatic rings. The first kappa shape index (κ1) is 18.7. The molecule has 0 unspecified atom stereocenters. The van der Waals surface area contributed by atoms with Gasteiger partial charge >= 0.3 is 6.03 Å². The van der Waals surface area contributed by atoms with E-state index in [1.807, 2.05) is 15.9 Å². The van der Waals surface area contributed by atoms with Crippen molar-refractivity contribution in [1.82, 2.24) is 20.0 Å². The zero-order chi connectivity index (χ0) is 18.2. The zero-order valence-electron chi connectivity index (χ0n) is 15.5. The van der Waals surface area contributed by atoms with Crippen molar-refractivity contribution < 1.29 is 9.59 Å². The van der Waals surface area contributed by atoms with Crippen LogP contribution in [0, 0.1) is 0 Å². The summed E-state index contributed by atoms with van der Waals surface area (Å²) in [6.45, 7) is 6.41. The molecule has 1 aromatic rings. The zero-order valence-corrected chi connectivity index (χ0v) is 15.5. The number of benzene rings is 1. The van der Waals surface area contributed by atoms with Gasteiger partial charge in [-0.05, 0) is 24.8 Å². The second kappa shape index (κ2) is 9.57. The Labute approximate surface area is 156 Å². The molecule has 3 rings (SSSR count). The van der Waals surface area contributed by atoms with E-state index in [4.69, 9.17) is 0 Å². The van der Waals surface area contributed by atoms with Crippen molar-refractivity contribution in [3.63, 3.8) is 0 Å². The molecule has 0 atom stereocenters. The summed E-state index contributed by atoms with van der Waals surface area (Å²) in [6.07, 6.45) is 3.77. The number of carbonyl (C=O) groups is 2. The van der Waals surface area contributed by atoms with Crippen LogP contribution in [0.25, 0.3) is 0 Å². The van der Waals surface area contributed by atoms with Crippen molar-refractivity contribution in [3.05, 3.63) is 35.9 Å². The van der Waals surface area contributed by atoms with Crippen LogP contribution in [0.4, 0.5) is 4.79 Å². The number of carbonyl (C=O) groups excluding carboxylic acids is 2. The number of urea groups is 1. The van der Waals surface area contributed by atoms with Crippen molar-refractivity contribution in [2.75, 3.05) is 52.4 Å². The number of nitrogens with zero attached hydrogens (tertiary/aromatic N) is 3. The van der Waals surface area contributed by atoms with E-state index in [1.165, 1.54) is 5.56 Å². The van der Waals surface area contributed by atoms with Gasteiger partial charge in [-0.15, -0.1) is 0 Å². The minimum atomic E-state index is -0.00262. The lowest BCUT2D eigenvalue weighted by Crippen LogP contribution is -2.53. The molecule has 0 bridgehead atoms. The van der Waals surface area contributed by atoms with E-state index in [9.17, 15) is 9.59 Å². The van der Waals surface area contributed by atoms with Crippen LogP contribution in [0.5, 0.6) is 0 Å². The van der Waals surface area contributed by atoms with E-state index in [2.05, 4.69) is 34.5 Å². The smallest absolute Gasteiger partial charge is 0.317 e. The molecule has 0 aliphatic carbocycles. The molecule has 2 heterocycles. The van der Waals surface area contributed by atoms with Crippen molar-refractivity contribution in [3.8, 4) is 0 Å². The molecular formula is C20H30N4O2. The first-order chi connectivity index (χ1) is 12.7. The Morgan fingerprint density at radius 2 is 1.73 bits per heavy atom. The maximum absolute atomic E-state index is 12.3. The fourth-order valence-electron chi connectivity index (χ4n) is 3.61. The molecule has 0 spiro atoms. The summed E-state index contributed by atoms with van der Waals surface area (Å²) in [5.74, 6) is 0.220. The lowest BCUT2D eigenvalue weighted by atomic mass is 10.1. The summed E-state index contributed by atoms with van der Waals surface area (Å²) < 4.78 is 0. The average molecular weight is 358 g/mol. The van der Waals surface area contributed by atoms with Crippen LogP contribution in [-0.2, 0) is 11.2 Å². The van der Waals surface area contributed by atoms with Crippen LogP contribution in [0.3, 0.4) is 0 Å². The third-order valence-corrected chi connectivity index (χ3v) is 5.30. The second-order valence-corrected chi connectivity index (χ2v) is 7.13. The lowest BCUT2D eigenvalue weighted by Gasteiger charge is -2.35. The number of likely N-dealkylation sites (tertiary alicyclic amines) is 1. The highest BCUT2D eigenvalue weighted by molar-refractivity contribution is 5.77. The monoisotopic (exact) mass is 358 g/mol. The summed E-state index contributed by atoms with van der Waals surface area (Å²) in [5, 5.41) is 2.97. The highest BCUT2D eigenvalue weighted by Crippen LogP contribution is 2.09. The average Bonchev–Trinajstić information content (AvgIpc) is 2.69. The van der Waals surface area contributed by atoms with Gasteiger partial charge in [0.05, 0.1) is 0 Å². The summed E-state index contributed by atoms with van der Waals surface area (Å²) >= 11 is 0. The SMILES string of the molecule is O=C1CCCCN1CCNC(=O)N1CCN(CCc2ccccc2)CC1. The van der Waals surface area contributed by atoms with Crippen LogP contribution >= 0.6 is 0 Å². The largest absolute Gasteiger partial charge is 0.341 e. The Morgan fingerprint density at radius 3 is 2.46 bits per heavy atom. The molecule has 2 saturated heterocycles. The molecule has 2 aliphatic heterocycles. The fraction of sp³-hybridized carbons (Fsp3) is 0.600. The Balaban J connectivity index is 1.31. The van der Waals surface area contributed by atoms with E-state index >= 15 is 0 Å². The van der Waals surface area contributed by atoms with Gasteiger partial charge in [0, 0.05) is 58.8 Å². The van der Waals surface area contributed by atoms with E-state index in [-0.39, 0.29) is 11.9 Å². The Hall–Kier alpha value is -2.08. The predicted molar refractivity (Wildman–Crippen MR) is 102 cm³/mol. The van der Waals surface area contributed by atoms with Gasteiger partial charge in [-0.25, -0.2) is 4.79 Å². The van der Waals surface area contributed by atoms with Gasteiger partial charge < -0.3 is 15.1 Å². The normalized spacial score (nSPS) is 18.8. The predicted octanol–water partition coefficient (Wildman–Crippen LogP) is 1.57. The van der Waals surface area contributed by atoms with E-state index in [0.29, 0.717) is 19.5 Å². The number of hydrogen-bond acceptors (Lipinski definition) is 3. The van der Waals surface area contributed by atoms with E-state index in [0.717, 1.165) is 58.5 Å². The van der Waals surface area contributed by atoms with Gasteiger partial charge in [0.15, 0.2) is 0 Å². The number of amides is 3. The quantitative estimate of drug-likeness (QED) is 0.840. The van der Waals surface area contributed by atoms with Crippen molar-refractivity contribution in [1.29, 1.82) is 0 Å². The van der Waals surface area contributed by atoms with Gasteiger partial charge in [0.2, 0.25) is 5.91 Å². The van der Waals surface area contributed by atoms with Crippen molar-refractivity contribution in [2.24, 2.45) is 0 Å². The van der Waals surface area contributed by atoms with Crippen molar-refractivity contribution >= 4 is 11.9 Å². The number of hydrogen-bond donors (Lipinski definition) is 1. The molecule has 0 saturated carbocycles. The Kier molecular flexibility index (Phi) is 6.89. The standard InChI is InChI=1S/C20H30N4O2/c25-19-8-4-5-11-23(19)13-10-21-20(26)24-16-14-22(15-17-24)12-9-18-6-2-1-3-7-18/h1-3,6-7H,4-5,8-17H2,(H,21,26). The van der Waals surface area contributed by atoms with Gasteiger partial charge in [-0.1, -0.05) is 30.3 Å². The molecule has 1 aromatic carbocycles. The fourth-order valence-corrected chi connectivity index (χ4v) is 3.61. The number of nitrogens with one attached hydrogen (secondary N) is 1. The minimum absolute atomic E-state index is 0.00262. The van der Waals surface area contributed by atoms with Gasteiger partial charge in [-0.3, -0.25) is 9.69 Å². The van der Waals surface area contributed by atoms with E-state index in [1.54, 1.807) is 0 Å². The molecule has 6 heteroatoms. The molecule has 2 fully saturated rings. The lowest BCUT2D eigenvalue weighted by molar-refractivity contribution is -0.133. The van der Waals surface area contributed by atoms with E-state index < -0.39 is 0 Å². The molecule has 0 radical (unpaired) electrons. The highest BCUT2D eigenvalue weighted by atomic mass is 16.2. The number of piperazine rings is 1. The maximum Gasteiger partial charge on any atom is 0.317 e. The van der Waals surface area contributed by atoms with Gasteiger partial charge in [0.25, 0.3) is 0 Å². The Bertz CT molecular complexity index is 585. The summed E-state index contributed by atoms with van der Waals surface area (Å²) in [6, 6.07) is 10.5. The van der Waals surface area contributed by atoms with Crippen LogP contribution in [-0.4, -0.2) is 79.0 Å². The topological polar surface area (TPSA) is 55.9 Å². The van der Waals surface area contributed by atoms with Crippen LogP contribution in [0.1, 0.15) is 24.8 Å². The molecule has 0 aromatic heterocycles. The van der Waals surface area contributed by atoms with Crippen LogP contribution in [0.15, 0.2) is 30.3 Å². The molecular weight excluding hydrogens is 328 g/mol. The molecule has 26 heavy (non-hydrogen) atoms.